The van der Waals surface area contributed by atoms with Gasteiger partial charge in [0.05, 0.1) is 4.90 Å². The van der Waals surface area contributed by atoms with Gasteiger partial charge in [-0.3, -0.25) is 0 Å². The van der Waals surface area contributed by atoms with Gasteiger partial charge in [0.1, 0.15) is 5.04 Å². The lowest BCUT2D eigenvalue weighted by Gasteiger charge is -2.08. The maximum absolute atomic E-state index is 12.8. The van der Waals surface area contributed by atoms with Crippen molar-refractivity contribution >= 4 is 42.8 Å². The second kappa shape index (κ2) is 8.20. The number of benzene rings is 3. The number of aryl methyl sites for hydroxylation is 1. The summed E-state index contributed by atoms with van der Waals surface area (Å²) in [5.41, 5.74) is 1.87. The maximum atomic E-state index is 12.8. The lowest BCUT2D eigenvalue weighted by atomic mass is 10.2. The molecule has 0 saturated heterocycles. The van der Waals surface area contributed by atoms with Gasteiger partial charge in [0.2, 0.25) is 0 Å². The van der Waals surface area contributed by atoms with Gasteiger partial charge in [-0.1, -0.05) is 75.7 Å². The molecule has 0 N–H and O–H groups in total. The molecule has 0 aromatic heterocycles. The van der Waals surface area contributed by atoms with Crippen molar-refractivity contribution < 1.29 is 8.42 Å². The standard InChI is InChI=1S/C20H16BrNO2S2/c1-15-6-5-9-18(14-15)25-20(16-7-3-2-4-8-16)22-26(23,24)19-12-10-17(21)11-13-19/h2-14H,1H3/b22-20-. The average molecular weight is 446 g/mol. The number of halogens is 1. The molecule has 0 aliphatic rings. The Hall–Kier alpha value is -1.89. The molecule has 0 saturated carbocycles. The Morgan fingerprint density at radius 3 is 2.27 bits per heavy atom. The van der Waals surface area contributed by atoms with Crippen molar-refractivity contribution in [1.29, 1.82) is 0 Å². The second-order valence-electron chi connectivity index (χ2n) is 5.61. The van der Waals surface area contributed by atoms with E-state index in [9.17, 15) is 8.42 Å². The van der Waals surface area contributed by atoms with Gasteiger partial charge in [-0.15, -0.1) is 0 Å². The van der Waals surface area contributed by atoms with Gasteiger partial charge in [-0.25, -0.2) is 0 Å². The third-order valence-electron chi connectivity index (χ3n) is 3.54. The highest BCUT2D eigenvalue weighted by Crippen LogP contribution is 2.27. The van der Waals surface area contributed by atoms with Crippen molar-refractivity contribution in [3.05, 3.63) is 94.5 Å². The summed E-state index contributed by atoms with van der Waals surface area (Å²) in [6.07, 6.45) is 0. The lowest BCUT2D eigenvalue weighted by molar-refractivity contribution is 0.598. The minimum Gasteiger partial charge on any atom is -0.199 e. The number of hydrogen-bond donors (Lipinski definition) is 0. The second-order valence-corrected chi connectivity index (χ2v) is 9.19. The molecule has 6 heteroatoms. The monoisotopic (exact) mass is 445 g/mol. The summed E-state index contributed by atoms with van der Waals surface area (Å²) in [5, 5.41) is 0.444. The molecule has 3 rings (SSSR count). The molecule has 0 atom stereocenters. The molecular formula is C20H16BrNO2S2. The first-order valence-electron chi connectivity index (χ1n) is 7.84. The highest BCUT2D eigenvalue weighted by Gasteiger charge is 2.16. The van der Waals surface area contributed by atoms with E-state index in [1.807, 2.05) is 61.5 Å². The number of hydrogen-bond acceptors (Lipinski definition) is 3. The topological polar surface area (TPSA) is 46.5 Å². The van der Waals surface area contributed by atoms with Gasteiger partial charge in [-0.2, -0.15) is 12.8 Å². The third-order valence-corrected chi connectivity index (χ3v) is 6.48. The minimum absolute atomic E-state index is 0.166. The van der Waals surface area contributed by atoms with E-state index in [0.29, 0.717) is 5.04 Å². The highest BCUT2D eigenvalue weighted by atomic mass is 79.9. The van der Waals surface area contributed by atoms with Crippen molar-refractivity contribution in [2.75, 3.05) is 0 Å². The number of rotatable bonds is 4. The highest BCUT2D eigenvalue weighted by molar-refractivity contribution is 9.10. The van der Waals surface area contributed by atoms with Crippen LogP contribution in [0.1, 0.15) is 11.1 Å². The Labute approximate surface area is 166 Å². The molecule has 0 amide bonds. The molecule has 0 radical (unpaired) electrons. The van der Waals surface area contributed by atoms with Crippen LogP contribution in [0.4, 0.5) is 0 Å². The van der Waals surface area contributed by atoms with Crippen molar-refractivity contribution in [3.8, 4) is 0 Å². The fourth-order valence-electron chi connectivity index (χ4n) is 2.27. The van der Waals surface area contributed by atoms with Crippen LogP contribution in [-0.2, 0) is 10.0 Å². The molecule has 0 bridgehead atoms. The van der Waals surface area contributed by atoms with E-state index in [4.69, 9.17) is 0 Å². The van der Waals surface area contributed by atoms with E-state index >= 15 is 0 Å². The van der Waals surface area contributed by atoms with Crippen LogP contribution in [0.5, 0.6) is 0 Å². The average Bonchev–Trinajstić information content (AvgIpc) is 2.62. The van der Waals surface area contributed by atoms with Crippen LogP contribution in [0, 0.1) is 6.92 Å². The molecule has 26 heavy (non-hydrogen) atoms. The Balaban J connectivity index is 2.05. The summed E-state index contributed by atoms with van der Waals surface area (Å²) in [6.45, 7) is 2.00. The Bertz CT molecular complexity index is 1030. The van der Waals surface area contributed by atoms with Crippen LogP contribution < -0.4 is 0 Å². The first-order valence-corrected chi connectivity index (χ1v) is 10.9. The van der Waals surface area contributed by atoms with Crippen LogP contribution in [0.15, 0.2) is 97.5 Å². The smallest absolute Gasteiger partial charge is 0.199 e. The van der Waals surface area contributed by atoms with E-state index in [2.05, 4.69) is 20.3 Å². The summed E-state index contributed by atoms with van der Waals surface area (Å²) >= 11 is 4.66. The number of nitrogens with zero attached hydrogens (tertiary/aromatic N) is 1. The Kier molecular flexibility index (Phi) is 5.96. The van der Waals surface area contributed by atoms with Crippen LogP contribution >= 0.6 is 27.7 Å². The van der Waals surface area contributed by atoms with Crippen LogP contribution in [-0.4, -0.2) is 13.5 Å². The molecule has 0 unspecified atom stereocenters. The van der Waals surface area contributed by atoms with Gasteiger partial charge in [0.25, 0.3) is 10.0 Å². The van der Waals surface area contributed by atoms with E-state index in [1.165, 1.54) is 11.8 Å². The lowest BCUT2D eigenvalue weighted by Crippen LogP contribution is -2.03. The number of thioether (sulfide) groups is 1. The Morgan fingerprint density at radius 1 is 0.923 bits per heavy atom. The molecule has 3 nitrogen and oxygen atoms in total. The van der Waals surface area contributed by atoms with Gasteiger partial charge >= 0.3 is 0 Å². The fraction of sp³-hybridized carbons (Fsp3) is 0.0500. The van der Waals surface area contributed by atoms with Crippen molar-refractivity contribution in [2.45, 2.75) is 16.7 Å². The molecule has 3 aromatic rings. The first kappa shape index (κ1) is 18.9. The fourth-order valence-corrected chi connectivity index (χ4v) is 4.76. The molecule has 0 fully saturated rings. The first-order chi connectivity index (χ1) is 12.4. The van der Waals surface area contributed by atoms with Gasteiger partial charge < -0.3 is 0 Å². The summed E-state index contributed by atoms with van der Waals surface area (Å²) in [7, 11) is -3.81. The normalized spacial score (nSPS) is 12.2. The molecule has 0 spiro atoms. The van der Waals surface area contributed by atoms with E-state index < -0.39 is 10.0 Å². The van der Waals surface area contributed by atoms with Gasteiger partial charge in [0.15, 0.2) is 0 Å². The predicted octanol–water partition coefficient (Wildman–Crippen LogP) is 5.69. The minimum atomic E-state index is -3.81. The molecule has 132 valence electrons. The summed E-state index contributed by atoms with van der Waals surface area (Å²) < 4.78 is 30.5. The van der Waals surface area contributed by atoms with Crippen molar-refractivity contribution in [1.82, 2.24) is 0 Å². The van der Waals surface area contributed by atoms with E-state index in [0.717, 1.165) is 20.5 Å². The predicted molar refractivity (Wildman–Crippen MR) is 111 cm³/mol. The van der Waals surface area contributed by atoms with E-state index in [1.54, 1.807) is 24.3 Å². The molecular weight excluding hydrogens is 430 g/mol. The maximum Gasteiger partial charge on any atom is 0.283 e. The molecule has 0 heterocycles. The third kappa shape index (κ3) is 4.84. The SMILES string of the molecule is Cc1cccc(S/C(=N\S(=O)(=O)c2ccc(Br)cc2)c2ccccc2)c1. The Morgan fingerprint density at radius 2 is 1.62 bits per heavy atom. The van der Waals surface area contributed by atoms with Crippen LogP contribution in [0.3, 0.4) is 0 Å². The summed E-state index contributed by atoms with van der Waals surface area (Å²) in [6, 6.07) is 23.7. The quantitative estimate of drug-likeness (QED) is 0.294. The van der Waals surface area contributed by atoms with Gasteiger partial charge in [-0.05, 0) is 43.3 Å². The zero-order chi connectivity index (χ0) is 18.6. The zero-order valence-corrected chi connectivity index (χ0v) is 17.2. The largest absolute Gasteiger partial charge is 0.283 e. The van der Waals surface area contributed by atoms with Crippen LogP contribution in [0.25, 0.3) is 0 Å². The molecule has 0 aliphatic heterocycles. The summed E-state index contributed by atoms with van der Waals surface area (Å²) in [4.78, 5) is 1.11. The van der Waals surface area contributed by atoms with E-state index in [-0.39, 0.29) is 4.90 Å². The van der Waals surface area contributed by atoms with Gasteiger partial charge in [0, 0.05) is 14.9 Å². The number of sulfonamides is 1. The zero-order valence-electron chi connectivity index (χ0n) is 14.0. The van der Waals surface area contributed by atoms with Crippen LogP contribution in [0.2, 0.25) is 0 Å². The summed E-state index contributed by atoms with van der Waals surface area (Å²) in [5.74, 6) is 0. The molecule has 0 aliphatic carbocycles. The van der Waals surface area contributed by atoms with Crippen molar-refractivity contribution in [2.24, 2.45) is 4.40 Å². The van der Waals surface area contributed by atoms with Crippen molar-refractivity contribution in [3.63, 3.8) is 0 Å². The molecule has 3 aromatic carbocycles.